The van der Waals surface area contributed by atoms with E-state index in [-0.39, 0.29) is 5.91 Å². The minimum absolute atomic E-state index is 0.310. The number of hydrogen-bond acceptors (Lipinski definition) is 8. The Morgan fingerprint density at radius 3 is 2.60 bits per heavy atom. The first-order valence-electron chi connectivity index (χ1n) is 13.1. The van der Waals surface area contributed by atoms with Gasteiger partial charge in [-0.1, -0.05) is 32.0 Å². The van der Waals surface area contributed by atoms with Gasteiger partial charge in [-0.05, 0) is 49.5 Å². The van der Waals surface area contributed by atoms with Gasteiger partial charge in [0.15, 0.2) is 5.82 Å². The molecule has 0 spiro atoms. The number of amides is 1. The average Bonchev–Trinajstić information content (AvgIpc) is 3.28. The first-order valence-corrected chi connectivity index (χ1v) is 13.5. The third-order valence-electron chi connectivity index (χ3n) is 6.79. The van der Waals surface area contributed by atoms with Crippen molar-refractivity contribution in [1.29, 1.82) is 0 Å². The molecule has 2 heterocycles. The molecule has 210 valence electrons. The van der Waals surface area contributed by atoms with Crippen LogP contribution in [0.25, 0.3) is 22.6 Å². The maximum atomic E-state index is 12.3. The van der Waals surface area contributed by atoms with Crippen molar-refractivity contribution in [2.75, 3.05) is 55.9 Å². The van der Waals surface area contributed by atoms with Gasteiger partial charge in [0.05, 0.1) is 35.2 Å². The van der Waals surface area contributed by atoms with Crippen LogP contribution in [-0.4, -0.2) is 70.7 Å². The SMILES string of the molecule is C=CC(=O)Nc1cc(Nc2nccc(-c3nc4cc(Cl)ccc4n3C)n2)c(OC)cc1N(C)CCN(CC)CC. The topological polar surface area (TPSA) is 100 Å². The maximum absolute atomic E-state index is 12.3. The molecule has 1 amide bonds. The third kappa shape index (κ3) is 6.35. The number of carbonyl (C=O) groups excluding carboxylic acids is 1. The van der Waals surface area contributed by atoms with E-state index in [0.29, 0.717) is 39.6 Å². The number of carbonyl (C=O) groups is 1. The van der Waals surface area contributed by atoms with E-state index in [0.717, 1.165) is 42.9 Å². The Morgan fingerprint density at radius 1 is 1.12 bits per heavy atom. The normalized spacial score (nSPS) is 11.1. The molecule has 10 nitrogen and oxygen atoms in total. The number of nitrogens with zero attached hydrogens (tertiary/aromatic N) is 6. The number of ether oxygens (including phenoxy) is 1. The first-order chi connectivity index (χ1) is 19.3. The molecule has 0 saturated heterocycles. The Labute approximate surface area is 239 Å². The summed E-state index contributed by atoms with van der Waals surface area (Å²) in [5.74, 6) is 1.30. The molecule has 40 heavy (non-hydrogen) atoms. The monoisotopic (exact) mass is 562 g/mol. The molecule has 2 N–H and O–H groups in total. The number of likely N-dealkylation sites (N-methyl/N-ethyl adjacent to an activating group) is 2. The van der Waals surface area contributed by atoms with Crippen molar-refractivity contribution in [2.45, 2.75) is 13.8 Å². The molecular weight excluding hydrogens is 528 g/mol. The molecule has 0 fully saturated rings. The second-order valence-corrected chi connectivity index (χ2v) is 9.67. The van der Waals surface area contributed by atoms with Crippen molar-refractivity contribution in [3.05, 3.63) is 60.3 Å². The van der Waals surface area contributed by atoms with Gasteiger partial charge in [0, 0.05) is 44.5 Å². The molecule has 2 aromatic heterocycles. The highest BCUT2D eigenvalue weighted by Crippen LogP contribution is 2.38. The van der Waals surface area contributed by atoms with Gasteiger partial charge in [0.2, 0.25) is 11.9 Å². The molecule has 0 aliphatic rings. The van der Waals surface area contributed by atoms with E-state index in [1.54, 1.807) is 19.4 Å². The number of nitrogens with one attached hydrogen (secondary N) is 2. The molecule has 0 aliphatic heterocycles. The van der Waals surface area contributed by atoms with Crippen molar-refractivity contribution < 1.29 is 9.53 Å². The van der Waals surface area contributed by atoms with E-state index in [1.807, 2.05) is 49.0 Å². The molecule has 0 bridgehead atoms. The lowest BCUT2D eigenvalue weighted by Crippen LogP contribution is -2.33. The van der Waals surface area contributed by atoms with E-state index in [4.69, 9.17) is 26.3 Å². The minimum Gasteiger partial charge on any atom is -0.494 e. The van der Waals surface area contributed by atoms with Crippen LogP contribution in [0.2, 0.25) is 5.02 Å². The highest BCUT2D eigenvalue weighted by Gasteiger charge is 2.18. The molecule has 0 unspecified atom stereocenters. The number of benzene rings is 2. The largest absolute Gasteiger partial charge is 0.494 e. The fraction of sp³-hybridized carbons (Fsp3) is 0.310. The molecule has 11 heteroatoms. The van der Waals surface area contributed by atoms with Crippen molar-refractivity contribution in [2.24, 2.45) is 7.05 Å². The summed E-state index contributed by atoms with van der Waals surface area (Å²) >= 11 is 6.17. The molecule has 0 atom stereocenters. The van der Waals surface area contributed by atoms with Gasteiger partial charge in [0.25, 0.3) is 0 Å². The summed E-state index contributed by atoms with van der Waals surface area (Å²) in [6, 6.07) is 11.1. The van der Waals surface area contributed by atoms with Crippen LogP contribution >= 0.6 is 11.6 Å². The predicted molar refractivity (Wildman–Crippen MR) is 163 cm³/mol. The molecule has 0 aliphatic carbocycles. The second kappa shape index (κ2) is 12.8. The molecule has 2 aromatic carbocycles. The van der Waals surface area contributed by atoms with E-state index in [1.165, 1.54) is 6.08 Å². The maximum Gasteiger partial charge on any atom is 0.247 e. The van der Waals surface area contributed by atoms with Crippen molar-refractivity contribution in [1.82, 2.24) is 24.4 Å². The van der Waals surface area contributed by atoms with Crippen LogP contribution in [0.1, 0.15) is 13.8 Å². The summed E-state index contributed by atoms with van der Waals surface area (Å²) in [7, 11) is 5.52. The van der Waals surface area contributed by atoms with Crippen LogP contribution in [0, 0.1) is 0 Å². The van der Waals surface area contributed by atoms with Crippen LogP contribution in [0.15, 0.2) is 55.3 Å². The van der Waals surface area contributed by atoms with Crippen LogP contribution in [0.3, 0.4) is 0 Å². The van der Waals surface area contributed by atoms with Gasteiger partial charge in [-0.15, -0.1) is 0 Å². The van der Waals surface area contributed by atoms with E-state index in [2.05, 4.69) is 45.8 Å². The Kier molecular flexibility index (Phi) is 9.23. The van der Waals surface area contributed by atoms with Gasteiger partial charge < -0.3 is 29.7 Å². The highest BCUT2D eigenvalue weighted by atomic mass is 35.5. The van der Waals surface area contributed by atoms with Gasteiger partial charge in [-0.3, -0.25) is 4.79 Å². The summed E-state index contributed by atoms with van der Waals surface area (Å²) in [6.45, 7) is 11.5. The highest BCUT2D eigenvalue weighted by molar-refractivity contribution is 6.31. The van der Waals surface area contributed by atoms with Crippen molar-refractivity contribution in [3.8, 4) is 17.3 Å². The number of halogens is 1. The number of anilines is 4. The summed E-state index contributed by atoms with van der Waals surface area (Å²) in [6.07, 6.45) is 2.91. The van der Waals surface area contributed by atoms with Gasteiger partial charge in [0.1, 0.15) is 11.4 Å². The first kappa shape index (κ1) is 28.8. The van der Waals surface area contributed by atoms with Crippen LogP contribution in [0.4, 0.5) is 23.0 Å². The number of methoxy groups -OCH3 is 1. The van der Waals surface area contributed by atoms with E-state index in [9.17, 15) is 4.79 Å². The van der Waals surface area contributed by atoms with Gasteiger partial charge >= 0.3 is 0 Å². The zero-order chi connectivity index (χ0) is 28.8. The fourth-order valence-electron chi connectivity index (χ4n) is 4.45. The molecule has 4 rings (SSSR count). The van der Waals surface area contributed by atoms with E-state index < -0.39 is 0 Å². The third-order valence-corrected chi connectivity index (χ3v) is 7.03. The smallest absolute Gasteiger partial charge is 0.247 e. The van der Waals surface area contributed by atoms with Gasteiger partial charge in [-0.25, -0.2) is 15.0 Å². The van der Waals surface area contributed by atoms with E-state index >= 15 is 0 Å². The Morgan fingerprint density at radius 2 is 1.90 bits per heavy atom. The number of aryl methyl sites for hydroxylation is 1. The summed E-state index contributed by atoms with van der Waals surface area (Å²) in [4.78, 5) is 30.6. The van der Waals surface area contributed by atoms with Gasteiger partial charge in [-0.2, -0.15) is 0 Å². The Hall–Kier alpha value is -4.15. The summed E-state index contributed by atoms with van der Waals surface area (Å²) < 4.78 is 7.69. The molecular formula is C29H35ClN8O2. The lowest BCUT2D eigenvalue weighted by atomic mass is 10.2. The van der Waals surface area contributed by atoms with Crippen molar-refractivity contribution in [3.63, 3.8) is 0 Å². The number of imidazole rings is 1. The van der Waals surface area contributed by atoms with Crippen LogP contribution in [0.5, 0.6) is 5.75 Å². The molecule has 0 saturated carbocycles. The Bertz CT molecular complexity index is 1520. The zero-order valence-corrected chi connectivity index (χ0v) is 24.3. The zero-order valence-electron chi connectivity index (χ0n) is 23.5. The van der Waals surface area contributed by atoms with Crippen LogP contribution < -0.4 is 20.3 Å². The van der Waals surface area contributed by atoms with Crippen LogP contribution in [-0.2, 0) is 11.8 Å². The summed E-state index contributed by atoms with van der Waals surface area (Å²) in [5, 5.41) is 6.80. The molecule has 4 aromatic rings. The quantitative estimate of drug-likeness (QED) is 0.223. The molecule has 0 radical (unpaired) electrons. The summed E-state index contributed by atoms with van der Waals surface area (Å²) in [5.41, 5.74) is 4.38. The lowest BCUT2D eigenvalue weighted by molar-refractivity contribution is -0.111. The number of rotatable bonds is 12. The van der Waals surface area contributed by atoms with Crippen molar-refractivity contribution >= 4 is 51.6 Å². The number of fused-ring (bicyclic) bond motifs is 1. The fourth-order valence-corrected chi connectivity index (χ4v) is 4.62. The minimum atomic E-state index is -0.310. The number of hydrogen-bond donors (Lipinski definition) is 2. The average molecular weight is 563 g/mol. The number of aromatic nitrogens is 4. The Balaban J connectivity index is 1.68. The second-order valence-electron chi connectivity index (χ2n) is 9.23. The lowest BCUT2D eigenvalue weighted by Gasteiger charge is -2.27. The standard InChI is InChI=1S/C29H35ClN8O2/c1-7-27(39)32-22-17-23(26(40-6)18-25(22)36(4)14-15-38(8-2)9-3)35-29-31-13-12-20(34-29)28-33-21-16-19(30)10-11-24(21)37(28)5/h7,10-13,16-18H,1,8-9,14-15H2,2-6H3,(H,32,39)(H,31,34,35). The predicted octanol–water partition coefficient (Wildman–Crippen LogP) is 5.34.